The molecule has 0 aliphatic heterocycles. The van der Waals surface area contributed by atoms with E-state index in [0.29, 0.717) is 11.4 Å². The van der Waals surface area contributed by atoms with Crippen molar-refractivity contribution in [3.8, 4) is 0 Å². The van der Waals surface area contributed by atoms with Gasteiger partial charge in [-0.3, -0.25) is 0 Å². The molecular formula is C19H17NO4S. The molecule has 0 spiro atoms. The molecule has 5 nitrogen and oxygen atoms in total. The molecule has 0 aliphatic rings. The normalized spacial score (nSPS) is 11.3. The monoisotopic (exact) mass is 355 g/mol. The van der Waals surface area contributed by atoms with E-state index >= 15 is 0 Å². The summed E-state index contributed by atoms with van der Waals surface area (Å²) in [5.41, 5.74) is 1.17. The van der Waals surface area contributed by atoms with Crippen molar-refractivity contribution >= 4 is 38.1 Å². The van der Waals surface area contributed by atoms with Crippen molar-refractivity contribution in [2.45, 2.75) is 0 Å². The molecule has 0 saturated carbocycles. The molecule has 0 aliphatic carbocycles. The van der Waals surface area contributed by atoms with Crippen LogP contribution in [0.2, 0.25) is 0 Å². The van der Waals surface area contributed by atoms with E-state index in [1.807, 2.05) is 30.3 Å². The Morgan fingerprint density at radius 3 is 2.24 bits per heavy atom. The highest BCUT2D eigenvalue weighted by Crippen LogP contribution is 2.31. The molecule has 0 heterocycles. The first-order chi connectivity index (χ1) is 11.9. The average molecular weight is 355 g/mol. The second-order valence-electron chi connectivity index (χ2n) is 5.60. The summed E-state index contributed by atoms with van der Waals surface area (Å²) in [7, 11) is -2.32. The Bertz CT molecular complexity index is 1040. The highest BCUT2D eigenvalue weighted by Gasteiger charge is 2.21. The van der Waals surface area contributed by atoms with Gasteiger partial charge < -0.3 is 4.74 Å². The highest BCUT2D eigenvalue weighted by molar-refractivity contribution is 7.92. The van der Waals surface area contributed by atoms with Gasteiger partial charge in [-0.1, -0.05) is 36.4 Å². The number of hydrogen-bond donors (Lipinski definition) is 0. The largest absolute Gasteiger partial charge is 0.465 e. The van der Waals surface area contributed by atoms with Gasteiger partial charge >= 0.3 is 5.97 Å². The van der Waals surface area contributed by atoms with Crippen LogP contribution in [0.4, 0.5) is 11.4 Å². The van der Waals surface area contributed by atoms with Crippen LogP contribution in [0.15, 0.2) is 66.7 Å². The lowest BCUT2D eigenvalue weighted by atomic mass is 10.1. The molecule has 0 bridgehead atoms. The highest BCUT2D eigenvalue weighted by atomic mass is 32.2. The van der Waals surface area contributed by atoms with E-state index in [2.05, 4.69) is 0 Å². The van der Waals surface area contributed by atoms with Gasteiger partial charge in [0.05, 0.1) is 30.3 Å². The maximum atomic E-state index is 12.4. The van der Waals surface area contributed by atoms with Crippen LogP contribution in [-0.4, -0.2) is 27.8 Å². The maximum absolute atomic E-state index is 12.4. The topological polar surface area (TPSA) is 63.7 Å². The summed E-state index contributed by atoms with van der Waals surface area (Å²) in [6.07, 6.45) is 1.13. The molecule has 3 aromatic rings. The van der Waals surface area contributed by atoms with Crippen molar-refractivity contribution in [2.24, 2.45) is 0 Å². The number of esters is 1. The van der Waals surface area contributed by atoms with Gasteiger partial charge in [-0.05, 0) is 41.1 Å². The Morgan fingerprint density at radius 1 is 0.880 bits per heavy atom. The molecular weight excluding hydrogens is 338 g/mol. The van der Waals surface area contributed by atoms with E-state index in [0.717, 1.165) is 17.0 Å². The van der Waals surface area contributed by atoms with Crippen LogP contribution in [0.25, 0.3) is 10.8 Å². The van der Waals surface area contributed by atoms with Gasteiger partial charge in [-0.2, -0.15) is 0 Å². The first-order valence-electron chi connectivity index (χ1n) is 7.57. The lowest BCUT2D eigenvalue weighted by molar-refractivity contribution is 0.0600. The van der Waals surface area contributed by atoms with E-state index in [1.54, 1.807) is 30.3 Å². The number of carbonyl (C=O) groups is 1. The fourth-order valence-corrected chi connectivity index (χ4v) is 3.71. The Labute approximate surface area is 146 Å². The maximum Gasteiger partial charge on any atom is 0.337 e. The van der Waals surface area contributed by atoms with E-state index < -0.39 is 16.0 Å². The van der Waals surface area contributed by atoms with E-state index in [4.69, 9.17) is 4.74 Å². The molecule has 6 heteroatoms. The van der Waals surface area contributed by atoms with Gasteiger partial charge in [0.15, 0.2) is 0 Å². The summed E-state index contributed by atoms with van der Waals surface area (Å²) in [4.78, 5) is 11.8. The van der Waals surface area contributed by atoms with E-state index in [1.165, 1.54) is 17.5 Å². The van der Waals surface area contributed by atoms with Crippen LogP contribution < -0.4 is 4.31 Å². The molecule has 128 valence electrons. The Morgan fingerprint density at radius 2 is 1.56 bits per heavy atom. The van der Waals surface area contributed by atoms with Gasteiger partial charge in [-0.15, -0.1) is 0 Å². The molecule has 3 rings (SSSR count). The summed E-state index contributed by atoms with van der Waals surface area (Å²) in [5, 5.41) is 1.95. The Hall–Kier alpha value is -2.86. The zero-order valence-electron chi connectivity index (χ0n) is 13.8. The third kappa shape index (κ3) is 3.49. The van der Waals surface area contributed by atoms with Gasteiger partial charge in [0.25, 0.3) is 0 Å². The van der Waals surface area contributed by atoms with Gasteiger partial charge in [0.2, 0.25) is 10.0 Å². The molecule has 0 saturated heterocycles. The summed E-state index contributed by atoms with van der Waals surface area (Å²) in [6.45, 7) is 0. The molecule has 0 fully saturated rings. The molecule has 0 amide bonds. The molecule has 25 heavy (non-hydrogen) atoms. The van der Waals surface area contributed by atoms with Crippen LogP contribution in [0.5, 0.6) is 0 Å². The summed E-state index contributed by atoms with van der Waals surface area (Å²) in [6, 6.07) is 19.5. The fraction of sp³-hybridized carbons (Fsp3) is 0.105. The van der Waals surface area contributed by atoms with Crippen molar-refractivity contribution in [3.63, 3.8) is 0 Å². The number of ether oxygens (including phenoxy) is 1. The molecule has 0 N–H and O–H groups in total. The molecule has 0 radical (unpaired) electrons. The third-order valence-corrected chi connectivity index (χ3v) is 4.89. The number of hydrogen-bond acceptors (Lipinski definition) is 4. The Kier molecular flexibility index (Phi) is 4.46. The van der Waals surface area contributed by atoms with Crippen LogP contribution in [0.3, 0.4) is 0 Å². The fourth-order valence-electron chi connectivity index (χ4n) is 2.71. The third-order valence-electron chi connectivity index (χ3n) is 3.80. The smallest absolute Gasteiger partial charge is 0.337 e. The minimum Gasteiger partial charge on any atom is -0.465 e. The summed E-state index contributed by atoms with van der Waals surface area (Å²) in [5.74, 6) is -0.520. The average Bonchev–Trinajstić information content (AvgIpc) is 2.60. The predicted octanol–water partition coefficient (Wildman–Crippen LogP) is 3.72. The van der Waals surface area contributed by atoms with Crippen LogP contribution in [0.1, 0.15) is 10.4 Å². The molecule has 0 aromatic heterocycles. The number of carbonyl (C=O) groups excluding carboxylic acids is 1. The van der Waals surface area contributed by atoms with Crippen molar-refractivity contribution in [1.82, 2.24) is 0 Å². The number of anilines is 2. The minimum absolute atomic E-state index is 0.287. The van der Waals surface area contributed by atoms with Crippen molar-refractivity contribution in [1.29, 1.82) is 0 Å². The van der Waals surface area contributed by atoms with E-state index in [9.17, 15) is 13.2 Å². The van der Waals surface area contributed by atoms with Crippen LogP contribution in [-0.2, 0) is 14.8 Å². The first kappa shape index (κ1) is 17.0. The standard InChI is InChI=1S/C19H17NO4S/c1-24-19(21)16-8-5-9-17(13-16)20(25(2,22)23)18-11-10-14-6-3-4-7-15(14)12-18/h3-13H,1-2H3. The van der Waals surface area contributed by atoms with Crippen molar-refractivity contribution in [2.75, 3.05) is 17.7 Å². The minimum atomic E-state index is -3.61. The van der Waals surface area contributed by atoms with Gasteiger partial charge in [-0.25, -0.2) is 17.5 Å². The number of rotatable bonds is 4. The zero-order chi connectivity index (χ0) is 18.0. The van der Waals surface area contributed by atoms with Crippen molar-refractivity contribution < 1.29 is 17.9 Å². The number of nitrogens with zero attached hydrogens (tertiary/aromatic N) is 1. The number of methoxy groups -OCH3 is 1. The number of benzene rings is 3. The first-order valence-corrected chi connectivity index (χ1v) is 9.42. The lowest BCUT2D eigenvalue weighted by Crippen LogP contribution is -2.24. The molecule has 3 aromatic carbocycles. The van der Waals surface area contributed by atoms with Crippen LogP contribution in [0, 0.1) is 0 Å². The second-order valence-corrected chi connectivity index (χ2v) is 7.43. The van der Waals surface area contributed by atoms with Gasteiger partial charge in [0, 0.05) is 0 Å². The zero-order valence-corrected chi connectivity index (χ0v) is 14.7. The van der Waals surface area contributed by atoms with Crippen LogP contribution >= 0.6 is 0 Å². The van der Waals surface area contributed by atoms with Crippen molar-refractivity contribution in [3.05, 3.63) is 72.3 Å². The molecule has 0 unspecified atom stereocenters. The predicted molar refractivity (Wildman–Crippen MR) is 98.7 cm³/mol. The number of fused-ring (bicyclic) bond motifs is 1. The lowest BCUT2D eigenvalue weighted by Gasteiger charge is -2.23. The number of sulfonamides is 1. The quantitative estimate of drug-likeness (QED) is 0.669. The van der Waals surface area contributed by atoms with Gasteiger partial charge in [0.1, 0.15) is 0 Å². The molecule has 0 atom stereocenters. The SMILES string of the molecule is COC(=O)c1cccc(N(c2ccc3ccccc3c2)S(C)(=O)=O)c1. The summed E-state index contributed by atoms with van der Waals surface area (Å²) < 4.78 is 30.8. The second kappa shape index (κ2) is 6.57. The Balaban J connectivity index is 2.16. The van der Waals surface area contributed by atoms with E-state index in [-0.39, 0.29) is 5.56 Å². The summed E-state index contributed by atoms with van der Waals surface area (Å²) >= 11 is 0.